The molecule has 3 rings (SSSR count). The quantitative estimate of drug-likeness (QED) is 0.861. The van der Waals surface area contributed by atoms with Crippen LogP contribution in [-0.2, 0) is 0 Å². The zero-order valence-electron chi connectivity index (χ0n) is 12.8. The monoisotopic (exact) mass is 281 g/mol. The van der Waals surface area contributed by atoms with Gasteiger partial charge < -0.3 is 10.1 Å². The average Bonchev–Trinajstić information content (AvgIpc) is 3.32. The summed E-state index contributed by atoms with van der Waals surface area (Å²) in [6.45, 7) is 3.24. The van der Waals surface area contributed by atoms with E-state index < -0.39 is 0 Å². The zero-order chi connectivity index (χ0) is 14.7. The molecule has 0 radical (unpaired) electrons. The first-order valence-corrected chi connectivity index (χ1v) is 7.70. The molecule has 0 aromatic heterocycles. The summed E-state index contributed by atoms with van der Waals surface area (Å²) in [5.41, 5.74) is 3.89. The molecule has 1 aliphatic carbocycles. The van der Waals surface area contributed by atoms with Crippen molar-refractivity contribution in [3.8, 4) is 5.75 Å². The summed E-state index contributed by atoms with van der Waals surface area (Å²) < 4.78 is 5.37. The maximum Gasteiger partial charge on any atom is 0.119 e. The molecular weight excluding hydrogens is 258 g/mol. The summed E-state index contributed by atoms with van der Waals surface area (Å²) in [4.78, 5) is 0. The van der Waals surface area contributed by atoms with Gasteiger partial charge in [-0.15, -0.1) is 0 Å². The molecule has 1 saturated carbocycles. The Labute approximate surface area is 127 Å². The molecule has 21 heavy (non-hydrogen) atoms. The van der Waals surface area contributed by atoms with E-state index in [0.717, 1.165) is 18.2 Å². The van der Waals surface area contributed by atoms with E-state index in [9.17, 15) is 0 Å². The van der Waals surface area contributed by atoms with E-state index in [1.165, 1.54) is 29.5 Å². The maximum atomic E-state index is 5.37. The molecule has 0 bridgehead atoms. The molecule has 1 atom stereocenters. The molecule has 2 aromatic rings. The average molecular weight is 281 g/mol. The lowest BCUT2D eigenvalue weighted by Crippen LogP contribution is -2.24. The standard InChI is InChI=1S/C19H23NO/c1-14-5-3-6-16(11-14)19(20-13-15-9-10-15)17-7-4-8-18(12-17)21-2/h3-8,11-12,15,19-20H,9-10,13H2,1-2H3. The first kappa shape index (κ1) is 14.2. The van der Waals surface area contributed by atoms with Crippen molar-refractivity contribution in [2.75, 3.05) is 13.7 Å². The normalized spacial score (nSPS) is 15.7. The molecule has 2 nitrogen and oxygen atoms in total. The van der Waals surface area contributed by atoms with Gasteiger partial charge in [0, 0.05) is 0 Å². The van der Waals surface area contributed by atoms with Crippen LogP contribution in [-0.4, -0.2) is 13.7 Å². The van der Waals surface area contributed by atoms with Gasteiger partial charge in [0.25, 0.3) is 0 Å². The molecule has 0 heterocycles. The lowest BCUT2D eigenvalue weighted by molar-refractivity contribution is 0.413. The van der Waals surface area contributed by atoms with Crippen LogP contribution in [0.1, 0.15) is 35.6 Å². The van der Waals surface area contributed by atoms with Crippen molar-refractivity contribution in [3.63, 3.8) is 0 Å². The highest BCUT2D eigenvalue weighted by Crippen LogP contribution is 2.31. The van der Waals surface area contributed by atoms with E-state index in [1.807, 2.05) is 6.07 Å². The Bertz CT molecular complexity index is 604. The summed E-state index contributed by atoms with van der Waals surface area (Å²) in [6, 6.07) is 17.4. The molecule has 1 fully saturated rings. The second-order valence-corrected chi connectivity index (χ2v) is 5.98. The fourth-order valence-electron chi connectivity index (χ4n) is 2.71. The summed E-state index contributed by atoms with van der Waals surface area (Å²) >= 11 is 0. The number of benzene rings is 2. The number of hydrogen-bond acceptors (Lipinski definition) is 2. The first-order chi connectivity index (χ1) is 10.3. The maximum absolute atomic E-state index is 5.37. The van der Waals surface area contributed by atoms with Crippen LogP contribution in [0, 0.1) is 12.8 Å². The van der Waals surface area contributed by atoms with Gasteiger partial charge in [-0.3, -0.25) is 0 Å². The van der Waals surface area contributed by atoms with Crippen molar-refractivity contribution in [2.24, 2.45) is 5.92 Å². The lowest BCUT2D eigenvalue weighted by atomic mass is 9.97. The molecule has 0 amide bonds. The summed E-state index contributed by atoms with van der Waals surface area (Å²) in [5, 5.41) is 3.74. The molecule has 1 N–H and O–H groups in total. The topological polar surface area (TPSA) is 21.3 Å². The fraction of sp³-hybridized carbons (Fsp3) is 0.368. The highest BCUT2D eigenvalue weighted by atomic mass is 16.5. The Morgan fingerprint density at radius 2 is 1.81 bits per heavy atom. The number of aryl methyl sites for hydroxylation is 1. The smallest absolute Gasteiger partial charge is 0.119 e. The van der Waals surface area contributed by atoms with E-state index in [0.29, 0.717) is 0 Å². The van der Waals surface area contributed by atoms with Gasteiger partial charge in [0.1, 0.15) is 5.75 Å². The summed E-state index contributed by atoms with van der Waals surface area (Å²) in [7, 11) is 1.72. The third kappa shape index (κ3) is 3.64. The minimum absolute atomic E-state index is 0.237. The van der Waals surface area contributed by atoms with Crippen LogP contribution in [0.5, 0.6) is 5.75 Å². The van der Waals surface area contributed by atoms with Crippen molar-refractivity contribution < 1.29 is 4.74 Å². The van der Waals surface area contributed by atoms with Crippen LogP contribution in [0.2, 0.25) is 0 Å². The van der Waals surface area contributed by atoms with E-state index in [4.69, 9.17) is 4.74 Å². The first-order valence-electron chi connectivity index (χ1n) is 7.70. The molecule has 0 spiro atoms. The van der Waals surface area contributed by atoms with Crippen molar-refractivity contribution in [1.82, 2.24) is 5.32 Å². The third-order valence-electron chi connectivity index (χ3n) is 4.11. The molecular formula is C19H23NO. The molecule has 2 aromatic carbocycles. The number of methoxy groups -OCH3 is 1. The Morgan fingerprint density at radius 1 is 1.10 bits per heavy atom. The molecule has 1 unspecified atom stereocenters. The largest absolute Gasteiger partial charge is 0.497 e. The molecule has 0 saturated heterocycles. The number of ether oxygens (including phenoxy) is 1. The van der Waals surface area contributed by atoms with Gasteiger partial charge in [-0.2, -0.15) is 0 Å². The Morgan fingerprint density at radius 3 is 2.48 bits per heavy atom. The Balaban J connectivity index is 1.89. The predicted molar refractivity (Wildman–Crippen MR) is 86.7 cm³/mol. The van der Waals surface area contributed by atoms with E-state index in [1.54, 1.807) is 7.11 Å². The van der Waals surface area contributed by atoms with Crippen molar-refractivity contribution in [2.45, 2.75) is 25.8 Å². The van der Waals surface area contributed by atoms with Crippen LogP contribution in [0.3, 0.4) is 0 Å². The zero-order valence-corrected chi connectivity index (χ0v) is 12.8. The van der Waals surface area contributed by atoms with Crippen LogP contribution in [0.25, 0.3) is 0 Å². The molecule has 1 aliphatic rings. The highest BCUT2D eigenvalue weighted by Gasteiger charge is 2.23. The van der Waals surface area contributed by atoms with Crippen LogP contribution < -0.4 is 10.1 Å². The van der Waals surface area contributed by atoms with E-state index in [-0.39, 0.29) is 6.04 Å². The summed E-state index contributed by atoms with van der Waals surface area (Å²) in [6.07, 6.45) is 2.73. The Kier molecular flexibility index (Phi) is 4.26. The number of rotatable bonds is 6. The second kappa shape index (κ2) is 6.31. The number of nitrogens with one attached hydrogen (secondary N) is 1. The SMILES string of the molecule is COc1cccc(C(NCC2CC2)c2cccc(C)c2)c1. The van der Waals surface area contributed by atoms with Crippen LogP contribution in [0.15, 0.2) is 48.5 Å². The van der Waals surface area contributed by atoms with Gasteiger partial charge in [-0.25, -0.2) is 0 Å². The molecule has 2 heteroatoms. The number of hydrogen-bond donors (Lipinski definition) is 1. The van der Waals surface area contributed by atoms with Gasteiger partial charge in [0.05, 0.1) is 13.2 Å². The second-order valence-electron chi connectivity index (χ2n) is 5.98. The van der Waals surface area contributed by atoms with Crippen molar-refractivity contribution >= 4 is 0 Å². The van der Waals surface area contributed by atoms with Gasteiger partial charge in [-0.05, 0) is 55.5 Å². The van der Waals surface area contributed by atoms with Crippen LogP contribution >= 0.6 is 0 Å². The summed E-state index contributed by atoms with van der Waals surface area (Å²) in [5.74, 6) is 1.78. The predicted octanol–water partition coefficient (Wildman–Crippen LogP) is 4.09. The van der Waals surface area contributed by atoms with Gasteiger partial charge in [0.15, 0.2) is 0 Å². The van der Waals surface area contributed by atoms with Gasteiger partial charge in [0.2, 0.25) is 0 Å². The lowest BCUT2D eigenvalue weighted by Gasteiger charge is -2.21. The van der Waals surface area contributed by atoms with Gasteiger partial charge in [-0.1, -0.05) is 42.0 Å². The van der Waals surface area contributed by atoms with Crippen LogP contribution in [0.4, 0.5) is 0 Å². The Hall–Kier alpha value is -1.80. The van der Waals surface area contributed by atoms with Crippen molar-refractivity contribution in [1.29, 1.82) is 0 Å². The minimum Gasteiger partial charge on any atom is -0.497 e. The molecule has 110 valence electrons. The van der Waals surface area contributed by atoms with E-state index in [2.05, 4.69) is 54.7 Å². The minimum atomic E-state index is 0.237. The van der Waals surface area contributed by atoms with Crippen molar-refractivity contribution in [3.05, 3.63) is 65.2 Å². The fourth-order valence-corrected chi connectivity index (χ4v) is 2.71. The van der Waals surface area contributed by atoms with E-state index >= 15 is 0 Å². The third-order valence-corrected chi connectivity index (χ3v) is 4.11. The molecule has 0 aliphatic heterocycles. The highest BCUT2D eigenvalue weighted by molar-refractivity contribution is 5.38. The van der Waals surface area contributed by atoms with Gasteiger partial charge >= 0.3 is 0 Å².